The number of hydrogen-bond donors (Lipinski definition) is 2. The Kier molecular flexibility index (Phi) is 9.59. The first-order valence-corrected chi connectivity index (χ1v) is 13.6. The maximum absolute atomic E-state index is 13.6. The van der Waals surface area contributed by atoms with Gasteiger partial charge in [0.25, 0.3) is 0 Å². The lowest BCUT2D eigenvalue weighted by molar-refractivity contribution is -0.144. The number of unbranched alkanes of at least 4 members (excludes halogenated alkanes) is 1. The lowest BCUT2D eigenvalue weighted by atomic mass is 9.84. The number of ketones is 1. The third kappa shape index (κ3) is 7.27. The van der Waals surface area contributed by atoms with Crippen molar-refractivity contribution in [1.82, 2.24) is 4.57 Å². The third-order valence-electron chi connectivity index (χ3n) is 6.90. The summed E-state index contributed by atoms with van der Waals surface area (Å²) < 4.78 is 39.3. The standard InChI is InChI=1S/C33H31F2NO7/c1-33(2,32(40)41)31(39)25-19-36(20-28(37)38)30-22(7-5-8-24(25)30)14-11-21-12-15-23(16-13-21)42-17-3-4-18-43-27-10-6-9-26(34)29(27)35/h5-16,19H,3-4,17-18,20H2,1-2H3,(H,37,38)(H,40,41)/b14-11+. The fraction of sp³-hybridized carbons (Fsp3) is 0.242. The molecule has 0 bridgehead atoms. The first-order valence-electron chi connectivity index (χ1n) is 13.6. The Hall–Kier alpha value is -4.99. The summed E-state index contributed by atoms with van der Waals surface area (Å²) in [5.41, 5.74) is 0.470. The van der Waals surface area contributed by atoms with Gasteiger partial charge in [0.2, 0.25) is 5.82 Å². The number of Topliss-reactive ketones (excluding diaryl/α,β-unsaturated/α-hetero) is 1. The van der Waals surface area contributed by atoms with Crippen LogP contribution in [0.3, 0.4) is 0 Å². The van der Waals surface area contributed by atoms with Gasteiger partial charge in [-0.3, -0.25) is 14.4 Å². The molecule has 1 aromatic heterocycles. The largest absolute Gasteiger partial charge is 0.494 e. The van der Waals surface area contributed by atoms with E-state index in [0.29, 0.717) is 41.7 Å². The highest BCUT2D eigenvalue weighted by molar-refractivity contribution is 6.18. The van der Waals surface area contributed by atoms with Gasteiger partial charge in [-0.2, -0.15) is 4.39 Å². The van der Waals surface area contributed by atoms with Crippen molar-refractivity contribution in [2.75, 3.05) is 13.2 Å². The molecular formula is C33H31F2NO7. The molecule has 0 aliphatic heterocycles. The maximum Gasteiger partial charge on any atom is 0.323 e. The molecule has 0 spiro atoms. The minimum absolute atomic E-state index is 0.119. The van der Waals surface area contributed by atoms with Crippen LogP contribution in [0.1, 0.15) is 48.2 Å². The van der Waals surface area contributed by atoms with E-state index in [4.69, 9.17) is 9.47 Å². The number of benzene rings is 3. The summed E-state index contributed by atoms with van der Waals surface area (Å²) in [6.45, 7) is 2.87. The number of carboxylic acid groups (broad SMARTS) is 2. The van der Waals surface area contributed by atoms with Crippen molar-refractivity contribution in [1.29, 1.82) is 0 Å². The first kappa shape index (κ1) is 31.0. The van der Waals surface area contributed by atoms with E-state index in [1.807, 2.05) is 18.2 Å². The van der Waals surface area contributed by atoms with Crippen molar-refractivity contribution in [2.45, 2.75) is 33.2 Å². The second-order valence-electron chi connectivity index (χ2n) is 10.4. The Morgan fingerprint density at radius 2 is 1.56 bits per heavy atom. The summed E-state index contributed by atoms with van der Waals surface area (Å²) in [4.78, 5) is 36.4. The zero-order valence-corrected chi connectivity index (χ0v) is 23.7. The second kappa shape index (κ2) is 13.3. The number of nitrogens with zero attached hydrogens (tertiary/aromatic N) is 1. The SMILES string of the molecule is CC(C)(C(=O)O)C(=O)c1cn(CC(=O)O)c2c(/C=C/c3ccc(OCCCCOc4cccc(F)c4F)cc3)cccc12. The van der Waals surface area contributed by atoms with E-state index in [-0.39, 0.29) is 17.9 Å². The highest BCUT2D eigenvalue weighted by atomic mass is 19.2. The van der Waals surface area contributed by atoms with Crippen LogP contribution < -0.4 is 9.47 Å². The third-order valence-corrected chi connectivity index (χ3v) is 6.90. The Balaban J connectivity index is 1.41. The zero-order chi connectivity index (χ0) is 31.1. The quantitative estimate of drug-likeness (QED) is 0.0725. The number of ether oxygens (including phenoxy) is 2. The topological polar surface area (TPSA) is 115 Å². The maximum atomic E-state index is 13.6. The van der Waals surface area contributed by atoms with Gasteiger partial charge in [-0.15, -0.1) is 0 Å². The average Bonchev–Trinajstić information content (AvgIpc) is 3.34. The number of hydrogen-bond acceptors (Lipinski definition) is 5. The number of carbonyl (C=O) groups is 3. The molecular weight excluding hydrogens is 560 g/mol. The molecule has 10 heteroatoms. The second-order valence-corrected chi connectivity index (χ2v) is 10.4. The van der Waals surface area contributed by atoms with E-state index in [1.165, 1.54) is 36.7 Å². The Morgan fingerprint density at radius 3 is 2.23 bits per heavy atom. The number of aromatic nitrogens is 1. The van der Waals surface area contributed by atoms with E-state index in [1.54, 1.807) is 36.4 Å². The van der Waals surface area contributed by atoms with Gasteiger partial charge in [-0.1, -0.05) is 48.6 Å². The van der Waals surface area contributed by atoms with Crippen LogP contribution in [-0.4, -0.2) is 45.7 Å². The molecule has 8 nitrogen and oxygen atoms in total. The Labute approximate surface area is 246 Å². The molecule has 4 aromatic rings. The van der Waals surface area contributed by atoms with E-state index in [0.717, 1.165) is 11.6 Å². The molecule has 3 aromatic carbocycles. The monoisotopic (exact) mass is 591 g/mol. The average molecular weight is 592 g/mol. The zero-order valence-electron chi connectivity index (χ0n) is 23.7. The number of carbonyl (C=O) groups excluding carboxylic acids is 1. The van der Waals surface area contributed by atoms with Gasteiger partial charge in [0, 0.05) is 17.1 Å². The van der Waals surface area contributed by atoms with Crippen LogP contribution in [0.5, 0.6) is 11.5 Å². The summed E-state index contributed by atoms with van der Waals surface area (Å²) in [6, 6.07) is 16.3. The molecule has 0 radical (unpaired) electrons. The minimum atomic E-state index is -1.69. The lowest BCUT2D eigenvalue weighted by Gasteiger charge is -2.16. The summed E-state index contributed by atoms with van der Waals surface area (Å²) in [5.74, 6) is -4.41. The number of rotatable bonds is 14. The van der Waals surface area contributed by atoms with Gasteiger partial charge < -0.3 is 24.3 Å². The predicted octanol–water partition coefficient (Wildman–Crippen LogP) is 6.71. The Bertz CT molecular complexity index is 1670. The first-order chi connectivity index (χ1) is 20.5. The molecule has 0 fully saturated rings. The van der Waals surface area contributed by atoms with Gasteiger partial charge >= 0.3 is 11.9 Å². The number of para-hydroxylation sites is 1. The Morgan fingerprint density at radius 1 is 0.884 bits per heavy atom. The highest BCUT2D eigenvalue weighted by Gasteiger charge is 2.38. The predicted molar refractivity (Wildman–Crippen MR) is 157 cm³/mol. The van der Waals surface area contributed by atoms with E-state index in [2.05, 4.69) is 0 Å². The summed E-state index contributed by atoms with van der Waals surface area (Å²) in [5, 5.41) is 19.5. The van der Waals surface area contributed by atoms with Crippen LogP contribution in [0.2, 0.25) is 0 Å². The fourth-order valence-electron chi connectivity index (χ4n) is 4.44. The fourth-order valence-corrected chi connectivity index (χ4v) is 4.44. The highest BCUT2D eigenvalue weighted by Crippen LogP contribution is 2.32. The van der Waals surface area contributed by atoms with Crippen LogP contribution in [0, 0.1) is 17.0 Å². The van der Waals surface area contributed by atoms with Crippen LogP contribution in [0.15, 0.2) is 66.9 Å². The normalized spacial score (nSPS) is 11.6. The van der Waals surface area contributed by atoms with Crippen LogP contribution in [0.25, 0.3) is 23.1 Å². The smallest absolute Gasteiger partial charge is 0.323 e. The van der Waals surface area contributed by atoms with Crippen molar-refractivity contribution in [2.24, 2.45) is 5.41 Å². The van der Waals surface area contributed by atoms with Gasteiger partial charge in [-0.25, -0.2) is 4.39 Å². The van der Waals surface area contributed by atoms with E-state index >= 15 is 0 Å². The number of carboxylic acids is 2. The number of aliphatic carboxylic acids is 2. The van der Waals surface area contributed by atoms with Crippen molar-refractivity contribution >= 4 is 40.8 Å². The summed E-state index contributed by atoms with van der Waals surface area (Å²) in [7, 11) is 0. The summed E-state index contributed by atoms with van der Waals surface area (Å²) in [6.07, 6.45) is 6.28. The number of halogens is 2. The molecule has 0 aliphatic rings. The molecule has 0 atom stereocenters. The van der Waals surface area contributed by atoms with Crippen molar-refractivity contribution in [3.63, 3.8) is 0 Å². The minimum Gasteiger partial charge on any atom is -0.494 e. The molecule has 0 aliphatic carbocycles. The molecule has 1 heterocycles. The number of fused-ring (bicyclic) bond motifs is 1. The molecule has 0 amide bonds. The van der Waals surface area contributed by atoms with Crippen molar-refractivity contribution in [3.05, 3.63) is 95.2 Å². The van der Waals surface area contributed by atoms with Crippen molar-refractivity contribution in [3.8, 4) is 11.5 Å². The van der Waals surface area contributed by atoms with Gasteiger partial charge in [0.1, 0.15) is 17.7 Å². The van der Waals surface area contributed by atoms with Crippen LogP contribution in [-0.2, 0) is 16.1 Å². The summed E-state index contributed by atoms with van der Waals surface area (Å²) >= 11 is 0. The van der Waals surface area contributed by atoms with Gasteiger partial charge in [0.15, 0.2) is 17.3 Å². The van der Waals surface area contributed by atoms with Crippen LogP contribution in [0.4, 0.5) is 8.78 Å². The molecule has 4 rings (SSSR count). The molecule has 0 saturated heterocycles. The molecule has 0 saturated carbocycles. The van der Waals surface area contributed by atoms with E-state index < -0.39 is 41.3 Å². The molecule has 43 heavy (non-hydrogen) atoms. The van der Waals surface area contributed by atoms with E-state index in [9.17, 15) is 33.4 Å². The van der Waals surface area contributed by atoms with Crippen LogP contribution >= 0.6 is 0 Å². The molecule has 224 valence electrons. The molecule has 2 N–H and O–H groups in total. The molecule has 0 unspecified atom stereocenters. The van der Waals surface area contributed by atoms with Gasteiger partial charge in [-0.05, 0) is 62.1 Å². The van der Waals surface area contributed by atoms with Gasteiger partial charge in [0.05, 0.1) is 18.7 Å². The lowest BCUT2D eigenvalue weighted by Crippen LogP contribution is -2.33. The van der Waals surface area contributed by atoms with Crippen molar-refractivity contribution < 1.29 is 42.9 Å².